The summed E-state index contributed by atoms with van der Waals surface area (Å²) in [6.45, 7) is 4.21. The highest BCUT2D eigenvalue weighted by Crippen LogP contribution is 2.37. The summed E-state index contributed by atoms with van der Waals surface area (Å²) in [6, 6.07) is 3.60. The molecule has 1 aromatic heterocycles. The highest BCUT2D eigenvalue weighted by Gasteiger charge is 2.35. The smallest absolute Gasteiger partial charge is 0.338 e. The van der Waals surface area contributed by atoms with Gasteiger partial charge in [0.1, 0.15) is 11.9 Å². The number of nitrogens with one attached hydrogen (secondary N) is 1. The molecule has 0 saturated carbocycles. The number of hydrogen-bond acceptors (Lipinski definition) is 9. The second-order valence-electron chi connectivity index (χ2n) is 8.99. The van der Waals surface area contributed by atoms with Crippen LogP contribution >= 0.6 is 27.3 Å². The van der Waals surface area contributed by atoms with E-state index in [0.717, 1.165) is 12.8 Å². The second kappa shape index (κ2) is 13.4. The van der Waals surface area contributed by atoms with Crippen LogP contribution in [-0.4, -0.2) is 71.7 Å². The number of esters is 1. The number of aromatic nitrogens is 1. The molecule has 0 radical (unpaired) electrons. The third-order valence-electron chi connectivity index (χ3n) is 6.28. The Morgan fingerprint density at radius 1 is 1.37 bits per heavy atom. The lowest BCUT2D eigenvalue weighted by molar-refractivity contribution is -0.139. The van der Waals surface area contributed by atoms with Crippen LogP contribution in [0.4, 0.5) is 4.39 Å². The number of thiazole rings is 1. The summed E-state index contributed by atoms with van der Waals surface area (Å²) in [6.07, 6.45) is 3.95. The van der Waals surface area contributed by atoms with Gasteiger partial charge >= 0.3 is 11.9 Å². The molecule has 0 aliphatic carbocycles. The van der Waals surface area contributed by atoms with E-state index in [2.05, 4.69) is 31.1 Å². The van der Waals surface area contributed by atoms with E-state index in [1.54, 1.807) is 19.2 Å². The maximum absolute atomic E-state index is 13.9. The molecule has 2 aliphatic heterocycles. The van der Waals surface area contributed by atoms with Crippen molar-refractivity contribution in [3.05, 3.63) is 61.9 Å². The first-order valence-electron chi connectivity index (χ1n) is 12.5. The van der Waals surface area contributed by atoms with Gasteiger partial charge in [0.15, 0.2) is 10.8 Å². The summed E-state index contributed by atoms with van der Waals surface area (Å²) in [7, 11) is 0. The molecular formula is C26H30BrFN4O5S. The molecule has 4 rings (SSSR count). The summed E-state index contributed by atoms with van der Waals surface area (Å²) in [5.74, 6) is -1.15. The first-order valence-corrected chi connectivity index (χ1v) is 14.2. The van der Waals surface area contributed by atoms with Crippen LogP contribution in [0.25, 0.3) is 0 Å². The fraction of sp³-hybridized carbons (Fsp3) is 0.462. The van der Waals surface area contributed by atoms with Crippen molar-refractivity contribution >= 4 is 45.0 Å². The predicted octanol–water partition coefficient (Wildman–Crippen LogP) is 4.30. The third-order valence-corrected chi connectivity index (χ3v) is 7.75. The standard InChI is InChI=1S/C26H30BrFN4O5S/c1-2-36-26(35)22-20(15-32-10-11-37-17(14-32)5-3-4-6-21(33)34)30-24(25-29-9-12-38-25)31-23(22)18-8-7-16(28)13-19(18)27/h7-9,12-13,17,23H,2-6,10-11,14-15H2,1H3,(H,30,31)(H,33,34)/t17-,23+/m1/s1. The number of carboxylic acid groups (broad SMARTS) is 1. The number of carbonyl (C=O) groups excluding carboxylic acids is 1. The Balaban J connectivity index is 1.63. The van der Waals surface area contributed by atoms with Gasteiger partial charge in [0.05, 0.1) is 24.9 Å². The van der Waals surface area contributed by atoms with Crippen LogP contribution in [-0.2, 0) is 19.1 Å². The lowest BCUT2D eigenvalue weighted by Crippen LogP contribution is -2.46. The van der Waals surface area contributed by atoms with Gasteiger partial charge in [-0.3, -0.25) is 14.7 Å². The Labute approximate surface area is 232 Å². The van der Waals surface area contributed by atoms with Crippen LogP contribution in [0.2, 0.25) is 0 Å². The Bertz CT molecular complexity index is 1210. The molecular weight excluding hydrogens is 579 g/mol. The van der Waals surface area contributed by atoms with Gasteiger partial charge in [0.25, 0.3) is 0 Å². The summed E-state index contributed by atoms with van der Waals surface area (Å²) >= 11 is 4.88. The lowest BCUT2D eigenvalue weighted by Gasteiger charge is -2.35. The molecule has 0 bridgehead atoms. The average Bonchev–Trinajstić information content (AvgIpc) is 3.42. The highest BCUT2D eigenvalue weighted by atomic mass is 79.9. The first-order chi connectivity index (χ1) is 18.4. The number of hydrogen-bond donors (Lipinski definition) is 2. The van der Waals surface area contributed by atoms with E-state index in [1.807, 2.05) is 5.38 Å². The number of unbranched alkanes of at least 4 members (excludes halogenated alkanes) is 1. The Kier molecular flexibility index (Phi) is 10.0. The topological polar surface area (TPSA) is 113 Å². The fourth-order valence-electron chi connectivity index (χ4n) is 4.54. The zero-order valence-corrected chi connectivity index (χ0v) is 23.4. The number of benzene rings is 1. The van der Waals surface area contributed by atoms with Crippen molar-refractivity contribution < 1.29 is 28.6 Å². The molecule has 0 spiro atoms. The summed E-state index contributed by atoms with van der Waals surface area (Å²) in [5.41, 5.74) is 1.65. The largest absolute Gasteiger partial charge is 0.481 e. The van der Waals surface area contributed by atoms with Gasteiger partial charge in [-0.25, -0.2) is 14.2 Å². The van der Waals surface area contributed by atoms with Gasteiger partial charge in [-0.1, -0.05) is 28.4 Å². The molecule has 1 saturated heterocycles. The predicted molar refractivity (Wildman–Crippen MR) is 145 cm³/mol. The molecule has 2 aliphatic rings. The molecule has 9 nitrogen and oxygen atoms in total. The molecule has 2 atom stereocenters. The summed E-state index contributed by atoms with van der Waals surface area (Å²) in [4.78, 5) is 35.6. The first kappa shape index (κ1) is 28.3. The van der Waals surface area contributed by atoms with Crippen molar-refractivity contribution in [3.63, 3.8) is 0 Å². The maximum Gasteiger partial charge on any atom is 0.338 e. The van der Waals surface area contributed by atoms with Gasteiger partial charge in [-0.2, -0.15) is 0 Å². The SMILES string of the molecule is CCOC(=O)C1=C(CN2CCO[C@H](CCCCC(=O)O)C2)NC(c2nccs2)=N[C@H]1c1ccc(F)cc1Br. The molecule has 0 amide bonds. The van der Waals surface area contributed by atoms with E-state index in [-0.39, 0.29) is 19.1 Å². The number of carbonyl (C=O) groups is 2. The number of aliphatic imine (C=N–C) groups is 1. The van der Waals surface area contributed by atoms with Crippen LogP contribution in [0, 0.1) is 5.82 Å². The van der Waals surface area contributed by atoms with Gasteiger partial charge in [0, 0.05) is 47.8 Å². The maximum atomic E-state index is 13.9. The minimum Gasteiger partial charge on any atom is -0.481 e. The Morgan fingerprint density at radius 3 is 2.92 bits per heavy atom. The van der Waals surface area contributed by atoms with Crippen LogP contribution in [0.5, 0.6) is 0 Å². The number of carboxylic acids is 1. The highest BCUT2D eigenvalue weighted by molar-refractivity contribution is 9.10. The molecule has 1 fully saturated rings. The Hall–Kier alpha value is -2.67. The number of ether oxygens (including phenoxy) is 2. The van der Waals surface area contributed by atoms with Crippen LogP contribution < -0.4 is 5.32 Å². The lowest BCUT2D eigenvalue weighted by atomic mass is 9.95. The van der Waals surface area contributed by atoms with Gasteiger partial charge in [0.2, 0.25) is 0 Å². The summed E-state index contributed by atoms with van der Waals surface area (Å²) in [5, 5.41) is 14.7. The van der Waals surface area contributed by atoms with Crippen molar-refractivity contribution in [2.24, 2.45) is 4.99 Å². The van der Waals surface area contributed by atoms with Crippen molar-refractivity contribution in [1.29, 1.82) is 0 Å². The summed E-state index contributed by atoms with van der Waals surface area (Å²) < 4.78 is 25.8. The van der Waals surface area contributed by atoms with Crippen molar-refractivity contribution in [3.8, 4) is 0 Å². The van der Waals surface area contributed by atoms with E-state index < -0.39 is 23.8 Å². The van der Waals surface area contributed by atoms with Gasteiger partial charge in [-0.05, 0) is 37.5 Å². The van der Waals surface area contributed by atoms with E-state index in [1.165, 1.54) is 23.5 Å². The molecule has 12 heteroatoms. The monoisotopic (exact) mass is 608 g/mol. The quantitative estimate of drug-likeness (QED) is 0.287. The fourth-order valence-corrected chi connectivity index (χ4v) is 5.69. The van der Waals surface area contributed by atoms with Crippen molar-refractivity contribution in [1.82, 2.24) is 15.2 Å². The van der Waals surface area contributed by atoms with Crippen LogP contribution in [0.3, 0.4) is 0 Å². The minimum atomic E-state index is -0.793. The normalized spacial score (nSPS) is 20.1. The molecule has 2 aromatic rings. The number of halogens is 2. The molecule has 3 heterocycles. The van der Waals surface area contributed by atoms with Crippen LogP contribution in [0.1, 0.15) is 49.2 Å². The number of amidine groups is 1. The van der Waals surface area contributed by atoms with E-state index >= 15 is 0 Å². The van der Waals surface area contributed by atoms with E-state index in [9.17, 15) is 14.0 Å². The third kappa shape index (κ3) is 7.25. The average molecular weight is 610 g/mol. The minimum absolute atomic E-state index is 0.0260. The number of rotatable bonds is 11. The molecule has 204 valence electrons. The number of morpholine rings is 1. The zero-order chi connectivity index (χ0) is 27.1. The second-order valence-corrected chi connectivity index (χ2v) is 10.7. The van der Waals surface area contributed by atoms with Crippen molar-refractivity contribution in [2.45, 2.75) is 44.8 Å². The van der Waals surface area contributed by atoms with Gasteiger partial charge in [-0.15, -0.1) is 11.3 Å². The van der Waals surface area contributed by atoms with Crippen LogP contribution in [0.15, 0.2) is 50.5 Å². The van der Waals surface area contributed by atoms with Gasteiger partial charge < -0.3 is 19.9 Å². The molecule has 2 N–H and O–H groups in total. The number of aliphatic carboxylic acids is 1. The zero-order valence-electron chi connectivity index (χ0n) is 21.0. The molecule has 1 aromatic carbocycles. The molecule has 0 unspecified atom stereocenters. The van der Waals surface area contributed by atoms with E-state index in [0.29, 0.717) is 64.8 Å². The molecule has 38 heavy (non-hydrogen) atoms. The van der Waals surface area contributed by atoms with Crippen molar-refractivity contribution in [2.75, 3.05) is 32.8 Å². The van der Waals surface area contributed by atoms with E-state index in [4.69, 9.17) is 19.6 Å². The Morgan fingerprint density at radius 2 is 2.21 bits per heavy atom. The number of nitrogens with zero attached hydrogens (tertiary/aromatic N) is 3.